The highest BCUT2D eigenvalue weighted by atomic mass is 35.5. The lowest BCUT2D eigenvalue weighted by atomic mass is 10.1. The van der Waals surface area contributed by atoms with Crippen molar-refractivity contribution in [3.05, 3.63) is 23.8 Å². The molecule has 0 spiro atoms. The third-order valence-electron chi connectivity index (χ3n) is 3.40. The number of amides is 1. The van der Waals surface area contributed by atoms with E-state index in [1.807, 2.05) is 6.92 Å². The van der Waals surface area contributed by atoms with E-state index in [9.17, 15) is 4.79 Å². The number of rotatable bonds is 6. The topological polar surface area (TPSA) is 59.6 Å². The lowest BCUT2D eigenvalue weighted by molar-refractivity contribution is 0.0950. The van der Waals surface area contributed by atoms with Gasteiger partial charge in [-0.15, -0.1) is 12.4 Å². The molecule has 0 saturated carbocycles. The smallest absolute Gasteiger partial charge is 0.251 e. The molecule has 21 heavy (non-hydrogen) atoms. The van der Waals surface area contributed by atoms with Gasteiger partial charge in [0, 0.05) is 18.2 Å². The fraction of sp³-hybridized carbons (Fsp3) is 0.533. The number of carbonyl (C=O) groups excluding carboxylic acids is 1. The summed E-state index contributed by atoms with van der Waals surface area (Å²) in [6.07, 6.45) is 2.30. The van der Waals surface area contributed by atoms with Crippen molar-refractivity contribution in [2.75, 3.05) is 26.8 Å². The Kier molecular flexibility index (Phi) is 7.32. The number of ether oxygens (including phenoxy) is 2. The lowest BCUT2D eigenvalue weighted by Gasteiger charge is -2.13. The second-order valence-corrected chi connectivity index (χ2v) is 4.80. The van der Waals surface area contributed by atoms with E-state index in [1.165, 1.54) is 6.42 Å². The highest BCUT2D eigenvalue weighted by Crippen LogP contribution is 2.27. The van der Waals surface area contributed by atoms with E-state index in [2.05, 4.69) is 10.6 Å². The first-order valence-corrected chi connectivity index (χ1v) is 7.07. The molecule has 1 atom stereocenters. The van der Waals surface area contributed by atoms with Gasteiger partial charge in [-0.05, 0) is 44.5 Å². The maximum absolute atomic E-state index is 12.1. The molecular formula is C15H23ClN2O3. The van der Waals surface area contributed by atoms with Crippen molar-refractivity contribution in [3.63, 3.8) is 0 Å². The Bertz CT molecular complexity index is 462. The molecule has 1 aliphatic rings. The summed E-state index contributed by atoms with van der Waals surface area (Å²) in [6, 6.07) is 5.63. The van der Waals surface area contributed by atoms with Crippen LogP contribution in [0.2, 0.25) is 0 Å². The Morgan fingerprint density at radius 3 is 2.86 bits per heavy atom. The van der Waals surface area contributed by atoms with Crippen LogP contribution in [-0.4, -0.2) is 38.8 Å². The average molecular weight is 315 g/mol. The van der Waals surface area contributed by atoms with Crippen LogP contribution in [0.4, 0.5) is 0 Å². The van der Waals surface area contributed by atoms with Crippen LogP contribution in [0.3, 0.4) is 0 Å². The maximum Gasteiger partial charge on any atom is 0.251 e. The van der Waals surface area contributed by atoms with E-state index in [0.717, 1.165) is 13.0 Å². The van der Waals surface area contributed by atoms with E-state index in [1.54, 1.807) is 25.3 Å². The monoisotopic (exact) mass is 314 g/mol. The lowest BCUT2D eigenvalue weighted by Crippen LogP contribution is -2.37. The normalized spacial score (nSPS) is 17.0. The van der Waals surface area contributed by atoms with Crippen LogP contribution >= 0.6 is 12.4 Å². The van der Waals surface area contributed by atoms with Gasteiger partial charge in [-0.3, -0.25) is 4.79 Å². The van der Waals surface area contributed by atoms with E-state index in [0.29, 0.717) is 36.3 Å². The van der Waals surface area contributed by atoms with Gasteiger partial charge in [-0.1, -0.05) is 0 Å². The van der Waals surface area contributed by atoms with Gasteiger partial charge in [0.25, 0.3) is 5.91 Å². The summed E-state index contributed by atoms with van der Waals surface area (Å²) < 4.78 is 10.7. The molecule has 0 aliphatic carbocycles. The van der Waals surface area contributed by atoms with Gasteiger partial charge in [-0.25, -0.2) is 0 Å². The fourth-order valence-corrected chi connectivity index (χ4v) is 2.33. The van der Waals surface area contributed by atoms with Crippen molar-refractivity contribution >= 4 is 18.3 Å². The Labute approximate surface area is 131 Å². The van der Waals surface area contributed by atoms with Crippen LogP contribution in [-0.2, 0) is 0 Å². The van der Waals surface area contributed by atoms with Gasteiger partial charge in [0.1, 0.15) is 0 Å². The molecule has 1 unspecified atom stereocenters. The third-order valence-corrected chi connectivity index (χ3v) is 3.40. The third kappa shape index (κ3) is 4.79. The predicted octanol–water partition coefficient (Wildman–Crippen LogP) is 2.00. The Morgan fingerprint density at radius 2 is 2.24 bits per heavy atom. The van der Waals surface area contributed by atoms with E-state index in [4.69, 9.17) is 9.47 Å². The molecule has 1 aromatic rings. The Morgan fingerprint density at radius 1 is 1.43 bits per heavy atom. The molecule has 1 fully saturated rings. The number of nitrogens with one attached hydrogen (secondary N) is 2. The number of halogens is 1. The van der Waals surface area contributed by atoms with Crippen LogP contribution in [0, 0.1) is 0 Å². The standard InChI is InChI=1S/C15H22N2O3.ClH/c1-3-20-13-7-6-11(9-14(13)19-2)15(18)17-10-12-5-4-8-16-12;/h6-7,9,12,16H,3-5,8,10H2,1-2H3,(H,17,18);1H. The number of hydrogen-bond donors (Lipinski definition) is 2. The maximum atomic E-state index is 12.1. The minimum Gasteiger partial charge on any atom is -0.493 e. The zero-order valence-corrected chi connectivity index (χ0v) is 13.3. The minimum absolute atomic E-state index is 0. The van der Waals surface area contributed by atoms with Crippen molar-refractivity contribution in [3.8, 4) is 11.5 Å². The summed E-state index contributed by atoms with van der Waals surface area (Å²) in [5.74, 6) is 1.16. The molecule has 1 aliphatic heterocycles. The van der Waals surface area contributed by atoms with E-state index < -0.39 is 0 Å². The number of methoxy groups -OCH3 is 1. The molecule has 0 aromatic heterocycles. The second kappa shape index (κ2) is 8.74. The van der Waals surface area contributed by atoms with Gasteiger partial charge in [0.15, 0.2) is 11.5 Å². The highest BCUT2D eigenvalue weighted by Gasteiger charge is 2.16. The first-order valence-electron chi connectivity index (χ1n) is 7.07. The Balaban J connectivity index is 0.00000220. The molecule has 2 N–H and O–H groups in total. The van der Waals surface area contributed by atoms with Crippen LogP contribution in [0.15, 0.2) is 18.2 Å². The van der Waals surface area contributed by atoms with Crippen LogP contribution in [0.5, 0.6) is 11.5 Å². The summed E-state index contributed by atoms with van der Waals surface area (Å²) in [4.78, 5) is 12.1. The largest absolute Gasteiger partial charge is 0.493 e. The SMILES string of the molecule is CCOc1ccc(C(=O)NCC2CCCN2)cc1OC.Cl. The zero-order valence-electron chi connectivity index (χ0n) is 12.5. The minimum atomic E-state index is -0.0833. The van der Waals surface area contributed by atoms with Crippen LogP contribution < -0.4 is 20.1 Å². The highest BCUT2D eigenvalue weighted by molar-refractivity contribution is 5.94. The molecule has 1 aromatic carbocycles. The van der Waals surface area contributed by atoms with Crippen molar-refractivity contribution < 1.29 is 14.3 Å². The van der Waals surface area contributed by atoms with Gasteiger partial charge >= 0.3 is 0 Å². The molecule has 0 radical (unpaired) electrons. The second-order valence-electron chi connectivity index (χ2n) is 4.80. The summed E-state index contributed by atoms with van der Waals surface area (Å²) in [5.41, 5.74) is 0.586. The van der Waals surface area contributed by atoms with Crippen LogP contribution in [0.1, 0.15) is 30.1 Å². The molecule has 1 saturated heterocycles. The van der Waals surface area contributed by atoms with Crippen LogP contribution in [0.25, 0.3) is 0 Å². The molecule has 5 nitrogen and oxygen atoms in total. The molecule has 6 heteroatoms. The van der Waals surface area contributed by atoms with Gasteiger partial charge in [0.05, 0.1) is 13.7 Å². The first-order chi connectivity index (χ1) is 9.74. The first kappa shape index (κ1) is 17.6. The van der Waals surface area contributed by atoms with E-state index >= 15 is 0 Å². The molecule has 1 heterocycles. The average Bonchev–Trinajstić information content (AvgIpc) is 2.98. The van der Waals surface area contributed by atoms with E-state index in [-0.39, 0.29) is 18.3 Å². The van der Waals surface area contributed by atoms with Crippen molar-refractivity contribution in [2.45, 2.75) is 25.8 Å². The summed E-state index contributed by atoms with van der Waals surface area (Å²) >= 11 is 0. The fourth-order valence-electron chi connectivity index (χ4n) is 2.33. The molecule has 2 rings (SSSR count). The zero-order chi connectivity index (χ0) is 14.4. The summed E-state index contributed by atoms with van der Waals surface area (Å²) in [5, 5.41) is 6.30. The number of hydrogen-bond acceptors (Lipinski definition) is 4. The van der Waals surface area contributed by atoms with Gasteiger partial charge < -0.3 is 20.1 Å². The molecule has 118 valence electrons. The quantitative estimate of drug-likeness (QED) is 0.843. The summed E-state index contributed by atoms with van der Waals surface area (Å²) in [7, 11) is 1.57. The summed E-state index contributed by atoms with van der Waals surface area (Å²) in [6.45, 7) is 4.18. The van der Waals surface area contributed by atoms with Crippen molar-refractivity contribution in [2.24, 2.45) is 0 Å². The number of carbonyl (C=O) groups is 1. The molecule has 1 amide bonds. The van der Waals surface area contributed by atoms with Gasteiger partial charge in [-0.2, -0.15) is 0 Å². The molecular weight excluding hydrogens is 292 g/mol. The Hall–Kier alpha value is -1.46. The molecule has 0 bridgehead atoms. The predicted molar refractivity (Wildman–Crippen MR) is 84.8 cm³/mol. The number of benzene rings is 1. The van der Waals surface area contributed by atoms with Crippen molar-refractivity contribution in [1.82, 2.24) is 10.6 Å². The van der Waals surface area contributed by atoms with Gasteiger partial charge in [0.2, 0.25) is 0 Å². The van der Waals surface area contributed by atoms with Crippen molar-refractivity contribution in [1.29, 1.82) is 0 Å².